The van der Waals surface area contributed by atoms with Gasteiger partial charge in [-0.05, 0) is 30.3 Å². The Morgan fingerprint density at radius 2 is 2.13 bits per heavy atom. The summed E-state index contributed by atoms with van der Waals surface area (Å²) in [6.07, 6.45) is 3.67. The van der Waals surface area contributed by atoms with Crippen molar-refractivity contribution in [1.29, 1.82) is 0 Å². The van der Waals surface area contributed by atoms with E-state index < -0.39 is 5.82 Å². The van der Waals surface area contributed by atoms with Crippen molar-refractivity contribution in [1.82, 2.24) is 20.5 Å². The summed E-state index contributed by atoms with van der Waals surface area (Å²) in [4.78, 5) is 15.8. The number of amides is 1. The molecule has 1 amide bonds. The maximum atomic E-state index is 13.1. The standard InChI is InChI=1S/C16H13FN4O2/c17-13-5-1-3-11(9-13)15(22)19-8-6-14-20-21-16(23-14)12-4-2-7-18-10-12/h1-5,7,9-10H,6,8H2,(H,19,22). The predicted octanol–water partition coefficient (Wildman–Crippen LogP) is 2.24. The summed E-state index contributed by atoms with van der Waals surface area (Å²) in [5.74, 6) is -0.0138. The van der Waals surface area contributed by atoms with Gasteiger partial charge in [-0.25, -0.2) is 4.39 Å². The van der Waals surface area contributed by atoms with E-state index in [0.29, 0.717) is 24.7 Å². The van der Waals surface area contributed by atoms with Crippen molar-refractivity contribution >= 4 is 5.91 Å². The molecule has 23 heavy (non-hydrogen) atoms. The molecule has 0 aliphatic heterocycles. The highest BCUT2D eigenvalue weighted by Gasteiger charge is 2.10. The van der Waals surface area contributed by atoms with Crippen molar-refractivity contribution in [3.63, 3.8) is 0 Å². The van der Waals surface area contributed by atoms with Gasteiger partial charge in [0, 0.05) is 30.9 Å². The van der Waals surface area contributed by atoms with Crippen LogP contribution in [-0.2, 0) is 6.42 Å². The van der Waals surface area contributed by atoms with Gasteiger partial charge in [-0.2, -0.15) is 0 Å². The van der Waals surface area contributed by atoms with Gasteiger partial charge >= 0.3 is 0 Å². The lowest BCUT2D eigenvalue weighted by Gasteiger charge is -2.03. The molecule has 0 aliphatic rings. The molecule has 3 aromatic rings. The normalized spacial score (nSPS) is 10.5. The largest absolute Gasteiger partial charge is 0.421 e. The third-order valence-corrected chi connectivity index (χ3v) is 3.09. The quantitative estimate of drug-likeness (QED) is 0.781. The summed E-state index contributed by atoms with van der Waals surface area (Å²) >= 11 is 0. The van der Waals surface area contributed by atoms with Crippen molar-refractivity contribution in [2.75, 3.05) is 6.54 Å². The fourth-order valence-corrected chi connectivity index (χ4v) is 1.98. The zero-order valence-electron chi connectivity index (χ0n) is 12.1. The fraction of sp³-hybridized carbons (Fsp3) is 0.125. The first kappa shape index (κ1) is 14.8. The van der Waals surface area contributed by atoms with Crippen LogP contribution in [0, 0.1) is 5.82 Å². The number of rotatable bonds is 5. The van der Waals surface area contributed by atoms with E-state index in [1.807, 2.05) is 6.07 Å². The number of hydrogen-bond acceptors (Lipinski definition) is 5. The number of pyridine rings is 1. The average molecular weight is 312 g/mol. The number of aromatic nitrogens is 3. The van der Waals surface area contributed by atoms with Gasteiger partial charge in [0.1, 0.15) is 5.82 Å². The first-order valence-electron chi connectivity index (χ1n) is 6.99. The molecule has 0 radical (unpaired) electrons. The summed E-state index contributed by atoms with van der Waals surface area (Å²) in [5.41, 5.74) is 1.00. The Kier molecular flexibility index (Phi) is 4.37. The molecule has 1 N–H and O–H groups in total. The fourth-order valence-electron chi connectivity index (χ4n) is 1.98. The average Bonchev–Trinajstić information content (AvgIpc) is 3.04. The molecule has 0 bridgehead atoms. The van der Waals surface area contributed by atoms with Crippen molar-refractivity contribution in [2.24, 2.45) is 0 Å². The van der Waals surface area contributed by atoms with Gasteiger partial charge in [-0.1, -0.05) is 6.07 Å². The van der Waals surface area contributed by atoms with Crippen LogP contribution in [0.3, 0.4) is 0 Å². The zero-order chi connectivity index (χ0) is 16.1. The van der Waals surface area contributed by atoms with Gasteiger partial charge < -0.3 is 9.73 Å². The van der Waals surface area contributed by atoms with Crippen LogP contribution in [0.1, 0.15) is 16.2 Å². The van der Waals surface area contributed by atoms with Gasteiger partial charge in [-0.15, -0.1) is 10.2 Å². The highest BCUT2D eigenvalue weighted by atomic mass is 19.1. The minimum atomic E-state index is -0.448. The molecule has 0 aliphatic carbocycles. The molecule has 0 fully saturated rings. The molecular weight excluding hydrogens is 299 g/mol. The van der Waals surface area contributed by atoms with Crippen molar-refractivity contribution in [2.45, 2.75) is 6.42 Å². The maximum absolute atomic E-state index is 13.1. The lowest BCUT2D eigenvalue weighted by Crippen LogP contribution is -2.25. The molecule has 0 unspecified atom stereocenters. The Labute approximate surface area is 131 Å². The molecule has 0 spiro atoms. The van der Waals surface area contributed by atoms with Crippen LogP contribution in [0.2, 0.25) is 0 Å². The Bertz CT molecular complexity index is 805. The smallest absolute Gasteiger partial charge is 0.251 e. The molecule has 1 aromatic carbocycles. The number of hydrogen-bond donors (Lipinski definition) is 1. The summed E-state index contributed by atoms with van der Waals surface area (Å²) in [6.45, 7) is 0.310. The first-order valence-corrected chi connectivity index (χ1v) is 6.99. The second-order valence-corrected chi connectivity index (χ2v) is 4.76. The summed E-state index contributed by atoms with van der Waals surface area (Å²) in [6, 6.07) is 9.10. The van der Waals surface area contributed by atoms with Crippen LogP contribution in [0.15, 0.2) is 53.2 Å². The molecule has 0 atom stereocenters. The third-order valence-electron chi connectivity index (χ3n) is 3.09. The van der Waals surface area contributed by atoms with Crippen LogP contribution < -0.4 is 5.32 Å². The van der Waals surface area contributed by atoms with E-state index in [1.165, 1.54) is 18.2 Å². The monoisotopic (exact) mass is 312 g/mol. The minimum absolute atomic E-state index is 0.270. The van der Waals surface area contributed by atoms with Gasteiger partial charge in [0.25, 0.3) is 5.91 Å². The highest BCUT2D eigenvalue weighted by Crippen LogP contribution is 2.15. The molecule has 2 heterocycles. The van der Waals surface area contributed by atoms with Crippen LogP contribution in [0.4, 0.5) is 4.39 Å². The van der Waals surface area contributed by atoms with Gasteiger partial charge in [-0.3, -0.25) is 9.78 Å². The molecule has 0 saturated carbocycles. The van der Waals surface area contributed by atoms with Crippen LogP contribution in [0.5, 0.6) is 0 Å². The third kappa shape index (κ3) is 3.76. The zero-order valence-corrected chi connectivity index (χ0v) is 12.1. The van der Waals surface area contributed by atoms with E-state index >= 15 is 0 Å². The number of nitrogens with one attached hydrogen (secondary N) is 1. The van der Waals surface area contributed by atoms with Gasteiger partial charge in [0.15, 0.2) is 0 Å². The van der Waals surface area contributed by atoms with Gasteiger partial charge in [0.2, 0.25) is 11.8 Å². The Balaban J connectivity index is 1.55. The van der Waals surface area contributed by atoms with Crippen molar-refractivity contribution in [3.05, 3.63) is 66.1 Å². The SMILES string of the molecule is O=C(NCCc1nnc(-c2cccnc2)o1)c1cccc(F)c1. The maximum Gasteiger partial charge on any atom is 0.251 e. The first-order chi connectivity index (χ1) is 11.2. The van der Waals surface area contributed by atoms with Crippen molar-refractivity contribution < 1.29 is 13.6 Å². The van der Waals surface area contributed by atoms with Crippen LogP contribution >= 0.6 is 0 Å². The highest BCUT2D eigenvalue weighted by molar-refractivity contribution is 5.94. The predicted molar refractivity (Wildman–Crippen MR) is 80.0 cm³/mol. The van der Waals surface area contributed by atoms with E-state index in [0.717, 1.165) is 5.56 Å². The van der Waals surface area contributed by atoms with E-state index in [2.05, 4.69) is 20.5 Å². The molecule has 2 aromatic heterocycles. The lowest BCUT2D eigenvalue weighted by molar-refractivity contribution is 0.0953. The molecule has 6 nitrogen and oxygen atoms in total. The summed E-state index contributed by atoms with van der Waals surface area (Å²) in [7, 11) is 0. The second-order valence-electron chi connectivity index (χ2n) is 4.76. The molecular formula is C16H13FN4O2. The topological polar surface area (TPSA) is 80.9 Å². The molecule has 116 valence electrons. The number of benzene rings is 1. The Morgan fingerprint density at radius 3 is 2.91 bits per heavy atom. The number of nitrogens with zero attached hydrogens (tertiary/aromatic N) is 3. The van der Waals surface area contributed by atoms with E-state index in [4.69, 9.17) is 4.42 Å². The van der Waals surface area contributed by atoms with Crippen LogP contribution in [-0.4, -0.2) is 27.6 Å². The number of halogens is 1. The minimum Gasteiger partial charge on any atom is -0.421 e. The van der Waals surface area contributed by atoms with E-state index in [9.17, 15) is 9.18 Å². The number of carbonyl (C=O) groups excluding carboxylic acids is 1. The van der Waals surface area contributed by atoms with Gasteiger partial charge in [0.05, 0.1) is 5.56 Å². The molecule has 7 heteroatoms. The summed E-state index contributed by atoms with van der Waals surface area (Å²) < 4.78 is 18.6. The molecule has 0 saturated heterocycles. The number of carbonyl (C=O) groups is 1. The van der Waals surface area contributed by atoms with Crippen LogP contribution in [0.25, 0.3) is 11.5 Å². The summed E-state index contributed by atoms with van der Waals surface area (Å²) in [5, 5.41) is 10.5. The van der Waals surface area contributed by atoms with Crippen molar-refractivity contribution in [3.8, 4) is 11.5 Å². The van der Waals surface area contributed by atoms with E-state index in [1.54, 1.807) is 24.5 Å². The second kappa shape index (κ2) is 6.78. The molecule has 3 rings (SSSR count). The van der Waals surface area contributed by atoms with E-state index in [-0.39, 0.29) is 11.5 Å². The lowest BCUT2D eigenvalue weighted by atomic mass is 10.2. The Hall–Kier alpha value is -3.09. The Morgan fingerprint density at radius 1 is 1.22 bits per heavy atom.